The average Bonchev–Trinajstić information content (AvgIpc) is 2.47. The van der Waals surface area contributed by atoms with Gasteiger partial charge in [0.05, 0.1) is 0 Å². The quantitative estimate of drug-likeness (QED) is 0.662. The molecule has 0 N–H and O–H groups in total. The van der Waals surface area contributed by atoms with Crippen LogP contribution in [0.5, 0.6) is 0 Å². The van der Waals surface area contributed by atoms with E-state index in [9.17, 15) is 0 Å². The Morgan fingerprint density at radius 3 is 2.43 bits per heavy atom. The number of allylic oxidation sites excluding steroid dienone is 2. The van der Waals surface area contributed by atoms with Gasteiger partial charge >= 0.3 is 0 Å². The van der Waals surface area contributed by atoms with E-state index in [0.29, 0.717) is 0 Å². The Kier molecular flexibility index (Phi) is 2.20. The van der Waals surface area contributed by atoms with Crippen molar-refractivity contribution in [1.29, 1.82) is 0 Å². The standard InChI is InChI=1S/C12H14N2/c1-8-4-5-11(7-13-8)12-6-9(2)14-10(12)3/h4-5,7H,6H2,1-3H3. The number of hydrogen-bond acceptors (Lipinski definition) is 2. The highest BCUT2D eigenvalue weighted by molar-refractivity contribution is 5.98. The van der Waals surface area contributed by atoms with E-state index in [-0.39, 0.29) is 0 Å². The maximum absolute atomic E-state index is 4.44. The van der Waals surface area contributed by atoms with Crippen molar-refractivity contribution in [2.45, 2.75) is 27.2 Å². The lowest BCUT2D eigenvalue weighted by atomic mass is 10.0. The van der Waals surface area contributed by atoms with Gasteiger partial charge in [-0.15, -0.1) is 0 Å². The van der Waals surface area contributed by atoms with E-state index in [2.05, 4.69) is 29.9 Å². The van der Waals surface area contributed by atoms with Crippen LogP contribution in [0.4, 0.5) is 0 Å². The van der Waals surface area contributed by atoms with E-state index in [0.717, 1.165) is 17.8 Å². The summed E-state index contributed by atoms with van der Waals surface area (Å²) in [5, 5.41) is 0. The van der Waals surface area contributed by atoms with Crippen LogP contribution in [-0.4, -0.2) is 10.7 Å². The fourth-order valence-corrected chi connectivity index (χ4v) is 1.73. The summed E-state index contributed by atoms with van der Waals surface area (Å²) in [7, 11) is 0. The van der Waals surface area contributed by atoms with Gasteiger partial charge in [-0.3, -0.25) is 9.98 Å². The fraction of sp³-hybridized carbons (Fsp3) is 0.333. The van der Waals surface area contributed by atoms with Crippen molar-refractivity contribution in [1.82, 2.24) is 4.98 Å². The third kappa shape index (κ3) is 1.60. The molecule has 1 aromatic rings. The minimum Gasteiger partial charge on any atom is -0.262 e. The summed E-state index contributed by atoms with van der Waals surface area (Å²) < 4.78 is 0. The molecule has 72 valence electrons. The van der Waals surface area contributed by atoms with Crippen LogP contribution >= 0.6 is 0 Å². The summed E-state index contributed by atoms with van der Waals surface area (Å²) in [6.07, 6.45) is 2.90. The molecule has 0 fully saturated rings. The van der Waals surface area contributed by atoms with E-state index in [1.54, 1.807) is 0 Å². The van der Waals surface area contributed by atoms with Gasteiger partial charge in [-0.1, -0.05) is 6.07 Å². The van der Waals surface area contributed by atoms with Crippen molar-refractivity contribution in [3.05, 3.63) is 35.3 Å². The molecule has 0 amide bonds. The Labute approximate surface area is 84.4 Å². The van der Waals surface area contributed by atoms with Gasteiger partial charge in [0.1, 0.15) is 0 Å². The van der Waals surface area contributed by atoms with Crippen LogP contribution in [0.15, 0.2) is 29.0 Å². The third-order valence-electron chi connectivity index (χ3n) is 2.49. The van der Waals surface area contributed by atoms with E-state index in [4.69, 9.17) is 0 Å². The first-order valence-electron chi connectivity index (χ1n) is 4.84. The van der Waals surface area contributed by atoms with Gasteiger partial charge in [-0.25, -0.2) is 0 Å². The molecule has 0 radical (unpaired) electrons. The topological polar surface area (TPSA) is 25.2 Å². The summed E-state index contributed by atoms with van der Waals surface area (Å²) >= 11 is 0. The molecule has 1 aromatic heterocycles. The predicted molar refractivity (Wildman–Crippen MR) is 59.3 cm³/mol. The average molecular weight is 186 g/mol. The lowest BCUT2D eigenvalue weighted by molar-refractivity contribution is 1.18. The predicted octanol–water partition coefficient (Wildman–Crippen LogP) is 2.99. The van der Waals surface area contributed by atoms with Gasteiger partial charge < -0.3 is 0 Å². The number of rotatable bonds is 1. The van der Waals surface area contributed by atoms with Crippen molar-refractivity contribution in [3.8, 4) is 0 Å². The number of aryl methyl sites for hydroxylation is 1. The van der Waals surface area contributed by atoms with Crippen LogP contribution in [0.25, 0.3) is 5.57 Å². The van der Waals surface area contributed by atoms with E-state index in [1.165, 1.54) is 16.8 Å². The van der Waals surface area contributed by atoms with Crippen molar-refractivity contribution >= 4 is 11.3 Å². The van der Waals surface area contributed by atoms with Gasteiger partial charge in [-0.05, 0) is 38.0 Å². The molecule has 0 spiro atoms. The number of pyridine rings is 1. The molecule has 2 nitrogen and oxygen atoms in total. The molecule has 0 saturated carbocycles. The molecule has 1 aliphatic rings. The molecule has 2 rings (SSSR count). The van der Waals surface area contributed by atoms with Crippen LogP contribution in [0.3, 0.4) is 0 Å². The van der Waals surface area contributed by atoms with Gasteiger partial charge in [0.25, 0.3) is 0 Å². The summed E-state index contributed by atoms with van der Waals surface area (Å²) in [5.74, 6) is 0. The van der Waals surface area contributed by atoms with Crippen molar-refractivity contribution in [3.63, 3.8) is 0 Å². The van der Waals surface area contributed by atoms with Crippen LogP contribution in [-0.2, 0) is 0 Å². The van der Waals surface area contributed by atoms with Gasteiger partial charge in [0.15, 0.2) is 0 Å². The zero-order valence-corrected chi connectivity index (χ0v) is 8.83. The first-order chi connectivity index (χ1) is 6.66. The Morgan fingerprint density at radius 1 is 1.14 bits per heavy atom. The smallest absolute Gasteiger partial charge is 0.0414 e. The Hall–Kier alpha value is -1.44. The summed E-state index contributed by atoms with van der Waals surface area (Å²) in [6, 6.07) is 4.17. The monoisotopic (exact) mass is 186 g/mol. The molecule has 1 aliphatic heterocycles. The summed E-state index contributed by atoms with van der Waals surface area (Å²) in [4.78, 5) is 8.74. The molecule has 0 atom stereocenters. The van der Waals surface area contributed by atoms with Crippen molar-refractivity contribution < 1.29 is 0 Å². The largest absolute Gasteiger partial charge is 0.262 e. The van der Waals surface area contributed by atoms with Gasteiger partial charge in [-0.2, -0.15) is 0 Å². The normalized spacial score (nSPS) is 16.1. The second kappa shape index (κ2) is 3.37. The zero-order valence-electron chi connectivity index (χ0n) is 8.83. The van der Waals surface area contributed by atoms with Crippen LogP contribution in [0, 0.1) is 6.92 Å². The van der Waals surface area contributed by atoms with Crippen LogP contribution in [0.1, 0.15) is 31.5 Å². The first-order valence-corrected chi connectivity index (χ1v) is 4.84. The minimum atomic E-state index is 0.969. The van der Waals surface area contributed by atoms with E-state index >= 15 is 0 Å². The molecule has 0 aromatic carbocycles. The second-order valence-corrected chi connectivity index (χ2v) is 3.78. The molecule has 0 unspecified atom stereocenters. The lowest BCUT2D eigenvalue weighted by Gasteiger charge is -2.03. The lowest BCUT2D eigenvalue weighted by Crippen LogP contribution is -1.90. The fourth-order valence-electron chi connectivity index (χ4n) is 1.73. The zero-order chi connectivity index (χ0) is 10.1. The molecule has 0 bridgehead atoms. The Bertz CT molecular complexity index is 410. The maximum Gasteiger partial charge on any atom is 0.0414 e. The highest BCUT2D eigenvalue weighted by Crippen LogP contribution is 2.28. The SMILES string of the molecule is CC1=NC(C)=C(c2ccc(C)nc2)C1. The molecular formula is C12H14N2. The summed E-state index contributed by atoms with van der Waals surface area (Å²) in [6.45, 7) is 6.13. The molecule has 0 aliphatic carbocycles. The maximum atomic E-state index is 4.44. The Balaban J connectivity index is 2.35. The number of nitrogens with zero attached hydrogens (tertiary/aromatic N) is 2. The molecular weight excluding hydrogens is 172 g/mol. The molecule has 0 saturated heterocycles. The van der Waals surface area contributed by atoms with Gasteiger partial charge in [0, 0.05) is 29.7 Å². The molecule has 2 heteroatoms. The van der Waals surface area contributed by atoms with Crippen molar-refractivity contribution in [2.24, 2.45) is 4.99 Å². The highest BCUT2D eigenvalue weighted by atomic mass is 14.8. The van der Waals surface area contributed by atoms with Gasteiger partial charge in [0.2, 0.25) is 0 Å². The minimum absolute atomic E-state index is 0.969. The van der Waals surface area contributed by atoms with E-state index < -0.39 is 0 Å². The number of hydrogen-bond donors (Lipinski definition) is 0. The Morgan fingerprint density at radius 2 is 1.93 bits per heavy atom. The number of aliphatic imine (C=N–C) groups is 1. The molecule has 14 heavy (non-hydrogen) atoms. The number of aromatic nitrogens is 1. The summed E-state index contributed by atoms with van der Waals surface area (Å²) in [5.41, 5.74) is 5.90. The van der Waals surface area contributed by atoms with Crippen LogP contribution in [0.2, 0.25) is 0 Å². The third-order valence-corrected chi connectivity index (χ3v) is 2.49. The van der Waals surface area contributed by atoms with Crippen LogP contribution < -0.4 is 0 Å². The molecule has 2 heterocycles. The highest BCUT2D eigenvalue weighted by Gasteiger charge is 2.13. The second-order valence-electron chi connectivity index (χ2n) is 3.78. The van der Waals surface area contributed by atoms with Crippen molar-refractivity contribution in [2.75, 3.05) is 0 Å². The first kappa shape index (κ1) is 9.13. The van der Waals surface area contributed by atoms with E-state index in [1.807, 2.05) is 19.2 Å².